The van der Waals surface area contributed by atoms with E-state index in [2.05, 4.69) is 30.3 Å². The molecule has 0 saturated carbocycles. The Morgan fingerprint density at radius 2 is 1.33 bits per heavy atom. The lowest BCUT2D eigenvalue weighted by atomic mass is 9.87. The molecule has 18 heavy (non-hydrogen) atoms. The molecule has 0 nitrogen and oxygen atoms in total. The number of hydrogen-bond acceptors (Lipinski definition) is 0. The van der Waals surface area contributed by atoms with Crippen LogP contribution in [-0.2, 0) is 0 Å². The van der Waals surface area contributed by atoms with Crippen LogP contribution in [0.4, 0.5) is 0 Å². The quantitative estimate of drug-likeness (QED) is 0.655. The third-order valence-corrected chi connectivity index (χ3v) is 3.18. The Balaban J connectivity index is 2.16. The Morgan fingerprint density at radius 1 is 0.778 bits per heavy atom. The molecule has 1 aliphatic rings. The molecule has 0 bridgehead atoms. The molecule has 3 rings (SSSR count). The Morgan fingerprint density at radius 3 is 1.94 bits per heavy atom. The predicted octanol–water partition coefficient (Wildman–Crippen LogP) is 4.75. The lowest BCUT2D eigenvalue weighted by Gasteiger charge is -2.12. The van der Waals surface area contributed by atoms with E-state index in [0.29, 0.717) is 0 Å². The summed E-state index contributed by atoms with van der Waals surface area (Å²) in [4.78, 5) is 0. The van der Waals surface area contributed by atoms with Crippen molar-refractivity contribution in [2.75, 3.05) is 0 Å². The molecule has 0 N–H and O–H groups in total. The minimum atomic E-state index is -0.397. The zero-order valence-electron chi connectivity index (χ0n) is 11.1. The summed E-state index contributed by atoms with van der Waals surface area (Å²) < 4.78 is 8.25. The summed E-state index contributed by atoms with van der Waals surface area (Å²) in [6.45, 7) is 0. The van der Waals surface area contributed by atoms with E-state index in [9.17, 15) is 0 Å². The summed E-state index contributed by atoms with van der Waals surface area (Å²) in [5.74, 6) is 0. The zero-order valence-corrected chi connectivity index (χ0v) is 10.1. The molecule has 0 aromatic heterocycles. The second-order valence-electron chi connectivity index (χ2n) is 4.34. The van der Waals surface area contributed by atoms with E-state index in [1.165, 1.54) is 11.1 Å². The first-order chi connectivity index (χ1) is 9.36. The highest BCUT2D eigenvalue weighted by molar-refractivity contribution is 5.92. The summed E-state index contributed by atoms with van der Waals surface area (Å²) in [5, 5.41) is 0. The van der Waals surface area contributed by atoms with Crippen LogP contribution in [0.3, 0.4) is 0 Å². The molecule has 86 valence electrons. The number of rotatable bonds is 2. The van der Waals surface area contributed by atoms with Gasteiger partial charge in [-0.15, -0.1) is 0 Å². The van der Waals surface area contributed by atoms with Gasteiger partial charge in [0.1, 0.15) is 0 Å². The van der Waals surface area contributed by atoms with Crippen LogP contribution in [0.25, 0.3) is 11.1 Å². The number of allylic oxidation sites excluding steroid dienone is 4. The van der Waals surface area contributed by atoms with Crippen molar-refractivity contribution in [3.63, 3.8) is 0 Å². The van der Waals surface area contributed by atoms with Crippen molar-refractivity contribution in [3.8, 4) is 0 Å². The van der Waals surface area contributed by atoms with Crippen LogP contribution in [0, 0.1) is 6.08 Å². The molecule has 1 atom stereocenters. The van der Waals surface area contributed by atoms with Gasteiger partial charge in [0, 0.05) is 12.0 Å². The predicted molar refractivity (Wildman–Crippen MR) is 76.7 cm³/mol. The third-order valence-electron chi connectivity index (χ3n) is 3.18. The Labute approximate surface area is 110 Å². The molecule has 0 heterocycles. The lowest BCUT2D eigenvalue weighted by molar-refractivity contribution is 1.22. The van der Waals surface area contributed by atoms with E-state index < -0.39 is 6.40 Å². The smallest absolute Gasteiger partial charge is 0.0622 e. The van der Waals surface area contributed by atoms with Crippen LogP contribution in [0.5, 0.6) is 0 Å². The highest BCUT2D eigenvalue weighted by Crippen LogP contribution is 2.34. The molecular weight excluding hydrogens is 216 g/mol. The molecule has 2 aromatic rings. The van der Waals surface area contributed by atoms with Crippen molar-refractivity contribution >= 4 is 11.1 Å². The normalized spacial score (nSPS) is 19.3. The maximum absolute atomic E-state index is 8.25. The molecule has 1 aliphatic carbocycles. The van der Waals surface area contributed by atoms with Crippen LogP contribution >= 0.6 is 0 Å². The van der Waals surface area contributed by atoms with Gasteiger partial charge in [0.15, 0.2) is 12.5 Å². The van der Waals surface area contributed by atoms with Crippen LogP contribution in [0.2, 0.25) is 0 Å². The molecular formula is C18H15+. The maximum Gasteiger partial charge on any atom is 0.223 e. The molecule has 0 saturated heterocycles. The second-order valence-corrected chi connectivity index (χ2v) is 4.34. The minimum Gasteiger partial charge on any atom is -0.0622 e. The van der Waals surface area contributed by atoms with Crippen LogP contribution < -0.4 is 0 Å². The van der Waals surface area contributed by atoms with Gasteiger partial charge in [0.05, 0.1) is 1.37 Å². The standard InChI is InChI=1S/C18H15/c1-3-9-15(10-4-1)17-13-7-8-14-18(17)16-11-5-2-6-12-16/h1-7,9-12H,13-14H2/q+1/i14D. The first-order valence-corrected chi connectivity index (χ1v) is 6.20. The van der Waals surface area contributed by atoms with Crippen molar-refractivity contribution in [1.29, 1.82) is 0 Å². The van der Waals surface area contributed by atoms with Gasteiger partial charge < -0.3 is 0 Å². The fraction of sp³-hybridized carbons (Fsp3) is 0.111. The van der Waals surface area contributed by atoms with Gasteiger partial charge in [0.25, 0.3) is 0 Å². The Bertz CT molecular complexity index is 609. The monoisotopic (exact) mass is 232 g/mol. The number of benzene rings is 2. The topological polar surface area (TPSA) is 0 Å². The average Bonchev–Trinajstić information content (AvgIpc) is 2.49. The molecule has 0 amide bonds. The van der Waals surface area contributed by atoms with E-state index >= 15 is 0 Å². The van der Waals surface area contributed by atoms with E-state index in [0.717, 1.165) is 17.6 Å². The summed E-state index contributed by atoms with van der Waals surface area (Å²) in [6, 6.07) is 20.6. The lowest BCUT2D eigenvalue weighted by Crippen LogP contribution is -1.95. The van der Waals surface area contributed by atoms with Gasteiger partial charge in [-0.2, -0.15) is 0 Å². The summed E-state index contributed by atoms with van der Waals surface area (Å²) in [5.41, 5.74) is 4.65. The van der Waals surface area contributed by atoms with Crippen molar-refractivity contribution in [2.24, 2.45) is 0 Å². The summed E-state index contributed by atoms with van der Waals surface area (Å²) in [6.07, 6.45) is 5.55. The van der Waals surface area contributed by atoms with Gasteiger partial charge >= 0.3 is 0 Å². The van der Waals surface area contributed by atoms with Gasteiger partial charge in [-0.25, -0.2) is 0 Å². The van der Waals surface area contributed by atoms with Crippen molar-refractivity contribution in [3.05, 3.63) is 83.9 Å². The average molecular weight is 232 g/mol. The molecule has 0 spiro atoms. The maximum atomic E-state index is 8.25. The minimum absolute atomic E-state index is 0.397. The van der Waals surface area contributed by atoms with Gasteiger partial charge in [-0.3, -0.25) is 0 Å². The van der Waals surface area contributed by atoms with Crippen molar-refractivity contribution in [2.45, 2.75) is 12.8 Å². The zero-order chi connectivity index (χ0) is 13.1. The molecule has 0 aliphatic heterocycles. The van der Waals surface area contributed by atoms with Gasteiger partial charge in [-0.05, 0) is 16.7 Å². The Hall–Kier alpha value is -2.17. The first-order valence-electron chi connectivity index (χ1n) is 6.78. The molecule has 2 aromatic carbocycles. The molecule has 1 unspecified atom stereocenters. The number of hydrogen-bond donors (Lipinski definition) is 0. The fourth-order valence-corrected chi connectivity index (χ4v) is 2.29. The molecule has 0 fully saturated rings. The van der Waals surface area contributed by atoms with E-state index in [1.54, 1.807) is 0 Å². The van der Waals surface area contributed by atoms with Crippen LogP contribution in [0.1, 0.15) is 25.3 Å². The van der Waals surface area contributed by atoms with Gasteiger partial charge in [-0.1, -0.05) is 60.7 Å². The van der Waals surface area contributed by atoms with E-state index in [4.69, 9.17) is 1.37 Å². The van der Waals surface area contributed by atoms with E-state index in [-0.39, 0.29) is 0 Å². The Kier molecular flexibility index (Phi) is 2.72. The third kappa shape index (κ3) is 2.11. The largest absolute Gasteiger partial charge is 0.223 e. The van der Waals surface area contributed by atoms with Gasteiger partial charge in [0.2, 0.25) is 6.08 Å². The van der Waals surface area contributed by atoms with E-state index in [1.807, 2.05) is 42.5 Å². The van der Waals surface area contributed by atoms with Crippen LogP contribution in [-0.4, -0.2) is 0 Å². The first kappa shape index (κ1) is 9.82. The SMILES string of the molecule is [2H]C1[C+]=CCC(c2ccccc2)=C1c1ccccc1. The van der Waals surface area contributed by atoms with Crippen molar-refractivity contribution in [1.82, 2.24) is 0 Å². The van der Waals surface area contributed by atoms with Crippen molar-refractivity contribution < 1.29 is 1.37 Å². The summed E-state index contributed by atoms with van der Waals surface area (Å²) in [7, 11) is 0. The molecule has 0 radical (unpaired) electrons. The fourth-order valence-electron chi connectivity index (χ4n) is 2.29. The molecule has 0 heteroatoms. The highest BCUT2D eigenvalue weighted by atomic mass is 14.2. The van der Waals surface area contributed by atoms with Crippen LogP contribution in [0.15, 0.2) is 66.7 Å². The highest BCUT2D eigenvalue weighted by Gasteiger charge is 2.18. The summed E-state index contributed by atoms with van der Waals surface area (Å²) >= 11 is 0. The second kappa shape index (κ2) is 5.00.